The number of hydrogen-bond donors (Lipinski definition) is 2. The molecule has 0 saturated heterocycles. The zero-order valence-corrected chi connectivity index (χ0v) is 12.6. The van der Waals surface area contributed by atoms with Crippen LogP contribution in [-0.2, 0) is 4.79 Å². The molecule has 0 aliphatic heterocycles. The molecular weight excluding hydrogens is 240 g/mol. The molecule has 0 bridgehead atoms. The number of hydrogen-bond acceptors (Lipinski definition) is 2. The topological polar surface area (TPSA) is 57.5 Å². The van der Waals surface area contributed by atoms with Crippen LogP contribution in [0.15, 0.2) is 0 Å². The molecule has 0 aliphatic rings. The summed E-state index contributed by atoms with van der Waals surface area (Å²) in [5, 5.41) is 17.7. The van der Waals surface area contributed by atoms with Gasteiger partial charge in [0.1, 0.15) is 0 Å². The third kappa shape index (κ3) is 13.7. The highest BCUT2D eigenvalue weighted by Gasteiger charge is 2.11. The maximum atomic E-state index is 10.5. The smallest absolute Gasteiger partial charge is 0.303 e. The Morgan fingerprint density at radius 1 is 0.895 bits per heavy atom. The lowest BCUT2D eigenvalue weighted by Gasteiger charge is -2.10. The predicted octanol–water partition coefficient (Wildman–Crippen LogP) is 4.38. The number of rotatable bonds is 14. The highest BCUT2D eigenvalue weighted by molar-refractivity contribution is 5.66. The number of aliphatic hydroxyl groups excluding tert-OH is 1. The first-order chi connectivity index (χ1) is 9.20. The normalized spacial score (nSPS) is 12.5. The molecule has 2 N–H and O–H groups in total. The second-order valence-electron chi connectivity index (χ2n) is 5.62. The Morgan fingerprint density at radius 2 is 1.37 bits per heavy atom. The van der Waals surface area contributed by atoms with E-state index in [4.69, 9.17) is 10.2 Å². The van der Waals surface area contributed by atoms with Crippen molar-refractivity contribution < 1.29 is 15.0 Å². The average molecular weight is 272 g/mol. The van der Waals surface area contributed by atoms with Gasteiger partial charge in [0.25, 0.3) is 0 Å². The Labute approximate surface area is 118 Å². The second-order valence-corrected chi connectivity index (χ2v) is 5.62. The van der Waals surface area contributed by atoms with E-state index < -0.39 is 5.97 Å². The van der Waals surface area contributed by atoms with Gasteiger partial charge in [-0.15, -0.1) is 0 Å². The van der Waals surface area contributed by atoms with E-state index in [9.17, 15) is 4.79 Å². The van der Waals surface area contributed by atoms with Crippen molar-refractivity contribution in [2.45, 2.75) is 84.0 Å². The largest absolute Gasteiger partial charge is 0.481 e. The maximum Gasteiger partial charge on any atom is 0.303 e. The van der Waals surface area contributed by atoms with E-state index in [1.165, 1.54) is 57.8 Å². The van der Waals surface area contributed by atoms with Crippen molar-refractivity contribution in [3.8, 4) is 0 Å². The van der Waals surface area contributed by atoms with Crippen molar-refractivity contribution >= 4 is 5.97 Å². The van der Waals surface area contributed by atoms with E-state index in [-0.39, 0.29) is 18.9 Å². The number of carboxylic acid groups (broad SMARTS) is 1. The summed E-state index contributed by atoms with van der Waals surface area (Å²) in [5.41, 5.74) is 0. The van der Waals surface area contributed by atoms with Crippen LogP contribution < -0.4 is 0 Å². The van der Waals surface area contributed by atoms with E-state index in [0.717, 1.165) is 12.8 Å². The molecule has 114 valence electrons. The van der Waals surface area contributed by atoms with Crippen molar-refractivity contribution in [2.75, 3.05) is 6.61 Å². The zero-order valence-electron chi connectivity index (χ0n) is 12.6. The van der Waals surface area contributed by atoms with Gasteiger partial charge < -0.3 is 10.2 Å². The van der Waals surface area contributed by atoms with Gasteiger partial charge in [0.2, 0.25) is 0 Å². The molecule has 0 spiro atoms. The van der Waals surface area contributed by atoms with Crippen LogP contribution in [0.1, 0.15) is 84.0 Å². The molecule has 1 unspecified atom stereocenters. The molecule has 19 heavy (non-hydrogen) atoms. The summed E-state index contributed by atoms with van der Waals surface area (Å²) < 4.78 is 0. The predicted molar refractivity (Wildman–Crippen MR) is 79.3 cm³/mol. The van der Waals surface area contributed by atoms with Crippen LogP contribution in [0.25, 0.3) is 0 Å². The van der Waals surface area contributed by atoms with Gasteiger partial charge in [-0.05, 0) is 12.3 Å². The molecule has 0 rings (SSSR count). The van der Waals surface area contributed by atoms with E-state index in [1.54, 1.807) is 0 Å². The lowest BCUT2D eigenvalue weighted by molar-refractivity contribution is -0.138. The highest BCUT2D eigenvalue weighted by Crippen LogP contribution is 2.15. The summed E-state index contributed by atoms with van der Waals surface area (Å²) in [6, 6.07) is 0. The number of carbonyl (C=O) groups is 1. The van der Waals surface area contributed by atoms with Crippen molar-refractivity contribution in [3.05, 3.63) is 0 Å². The van der Waals surface area contributed by atoms with Crippen LogP contribution in [0, 0.1) is 5.92 Å². The molecule has 0 aromatic carbocycles. The first-order valence-corrected chi connectivity index (χ1v) is 8.03. The Morgan fingerprint density at radius 3 is 1.79 bits per heavy atom. The monoisotopic (exact) mass is 272 g/mol. The Balaban J connectivity index is 3.23. The molecule has 0 aliphatic carbocycles. The third-order valence-electron chi connectivity index (χ3n) is 3.69. The molecule has 3 nitrogen and oxygen atoms in total. The zero-order chi connectivity index (χ0) is 14.3. The summed E-state index contributed by atoms with van der Waals surface area (Å²) in [7, 11) is 0. The fraction of sp³-hybridized carbons (Fsp3) is 0.938. The van der Waals surface area contributed by atoms with Gasteiger partial charge in [0.05, 0.1) is 6.42 Å². The molecule has 0 saturated carbocycles. The molecule has 0 aromatic rings. The molecule has 0 amide bonds. The molecule has 0 fully saturated rings. The minimum atomic E-state index is -0.800. The third-order valence-corrected chi connectivity index (χ3v) is 3.69. The summed E-state index contributed by atoms with van der Waals surface area (Å²) >= 11 is 0. The minimum absolute atomic E-state index is 0.00370. The standard InChI is InChI=1S/C16H32O3/c1-2-3-4-5-6-7-8-9-10-11-12-15(14-17)13-16(18)19/h15,17H,2-14H2,1H3,(H,18,19). The fourth-order valence-electron chi connectivity index (χ4n) is 2.43. The summed E-state index contributed by atoms with van der Waals surface area (Å²) in [6.45, 7) is 2.24. The molecule has 0 aromatic heterocycles. The van der Waals surface area contributed by atoms with Crippen LogP contribution in [0.4, 0.5) is 0 Å². The van der Waals surface area contributed by atoms with Gasteiger partial charge in [-0.1, -0.05) is 71.1 Å². The number of carboxylic acids is 1. The van der Waals surface area contributed by atoms with Gasteiger partial charge in [-0.2, -0.15) is 0 Å². The van der Waals surface area contributed by atoms with Crippen molar-refractivity contribution in [3.63, 3.8) is 0 Å². The molecular formula is C16H32O3. The van der Waals surface area contributed by atoms with Crippen molar-refractivity contribution in [1.82, 2.24) is 0 Å². The second kappa shape index (κ2) is 13.9. The number of aliphatic carboxylic acids is 1. The average Bonchev–Trinajstić information content (AvgIpc) is 2.39. The van der Waals surface area contributed by atoms with Crippen LogP contribution >= 0.6 is 0 Å². The number of aliphatic hydroxyl groups is 1. The number of unbranched alkanes of at least 4 members (excludes halogenated alkanes) is 9. The molecule has 0 heterocycles. The quantitative estimate of drug-likeness (QED) is 0.461. The first kappa shape index (κ1) is 18.4. The van der Waals surface area contributed by atoms with E-state index in [0.29, 0.717) is 0 Å². The van der Waals surface area contributed by atoms with Gasteiger partial charge in [-0.3, -0.25) is 4.79 Å². The maximum absolute atomic E-state index is 10.5. The van der Waals surface area contributed by atoms with E-state index in [1.807, 2.05) is 0 Å². The fourth-order valence-corrected chi connectivity index (χ4v) is 2.43. The summed E-state index contributed by atoms with van der Waals surface area (Å²) in [5.74, 6) is -0.849. The van der Waals surface area contributed by atoms with Crippen LogP contribution in [0.3, 0.4) is 0 Å². The Bertz CT molecular complexity index is 204. The molecule has 3 heteroatoms. The Hall–Kier alpha value is -0.570. The first-order valence-electron chi connectivity index (χ1n) is 8.03. The van der Waals surface area contributed by atoms with Gasteiger partial charge >= 0.3 is 5.97 Å². The molecule has 1 atom stereocenters. The lowest BCUT2D eigenvalue weighted by atomic mass is 9.98. The van der Waals surface area contributed by atoms with Gasteiger partial charge in [0, 0.05) is 6.61 Å². The van der Waals surface area contributed by atoms with Gasteiger partial charge in [-0.25, -0.2) is 0 Å². The van der Waals surface area contributed by atoms with E-state index >= 15 is 0 Å². The lowest BCUT2D eigenvalue weighted by Crippen LogP contribution is -2.11. The van der Waals surface area contributed by atoms with Crippen molar-refractivity contribution in [2.24, 2.45) is 5.92 Å². The summed E-state index contributed by atoms with van der Waals surface area (Å²) in [6.07, 6.45) is 13.8. The van der Waals surface area contributed by atoms with Gasteiger partial charge in [0.15, 0.2) is 0 Å². The van der Waals surface area contributed by atoms with Crippen LogP contribution in [0.5, 0.6) is 0 Å². The minimum Gasteiger partial charge on any atom is -0.481 e. The SMILES string of the molecule is CCCCCCCCCCCCC(CO)CC(=O)O. The van der Waals surface area contributed by atoms with E-state index in [2.05, 4.69) is 6.92 Å². The van der Waals surface area contributed by atoms with Crippen LogP contribution in [0.2, 0.25) is 0 Å². The van der Waals surface area contributed by atoms with Crippen molar-refractivity contribution in [1.29, 1.82) is 0 Å². The Kier molecular flexibility index (Phi) is 13.4. The highest BCUT2D eigenvalue weighted by atomic mass is 16.4. The summed E-state index contributed by atoms with van der Waals surface area (Å²) in [4.78, 5) is 10.5. The van der Waals surface area contributed by atoms with Crippen LogP contribution in [-0.4, -0.2) is 22.8 Å². The molecule has 0 radical (unpaired) electrons.